The molecule has 0 aromatic heterocycles. The number of benzene rings is 1. The van der Waals surface area contributed by atoms with Crippen LogP contribution in [-0.4, -0.2) is 47.9 Å². The molecule has 2 fully saturated rings. The molecule has 1 aliphatic heterocycles. The Morgan fingerprint density at radius 3 is 2.54 bits per heavy atom. The van der Waals surface area contributed by atoms with Crippen LogP contribution in [-0.2, 0) is 9.59 Å². The average molecular weight is 358 g/mol. The number of carbonyl (C=O) groups excluding carboxylic acids is 3. The van der Waals surface area contributed by atoms with Crippen LogP contribution in [0.1, 0.15) is 32.6 Å². The third kappa shape index (κ3) is 5.05. The fraction of sp³-hybridized carbons (Fsp3) is 0.526. The van der Waals surface area contributed by atoms with E-state index in [2.05, 4.69) is 16.0 Å². The van der Waals surface area contributed by atoms with Crippen LogP contribution in [0.5, 0.6) is 0 Å². The van der Waals surface area contributed by atoms with Crippen molar-refractivity contribution in [3.63, 3.8) is 0 Å². The number of nitrogens with zero attached hydrogens (tertiary/aromatic N) is 1. The first kappa shape index (κ1) is 18.4. The number of imide groups is 1. The zero-order valence-corrected chi connectivity index (χ0v) is 15.0. The molecule has 2 aliphatic rings. The first-order chi connectivity index (χ1) is 12.5. The van der Waals surface area contributed by atoms with Gasteiger partial charge >= 0.3 is 6.03 Å². The molecule has 0 bridgehead atoms. The van der Waals surface area contributed by atoms with Gasteiger partial charge in [-0.3, -0.25) is 19.8 Å². The number of anilines is 1. The van der Waals surface area contributed by atoms with E-state index in [4.69, 9.17) is 0 Å². The van der Waals surface area contributed by atoms with Crippen molar-refractivity contribution < 1.29 is 14.4 Å². The zero-order chi connectivity index (χ0) is 18.5. The van der Waals surface area contributed by atoms with Crippen molar-refractivity contribution in [1.82, 2.24) is 15.5 Å². The van der Waals surface area contributed by atoms with Crippen molar-refractivity contribution in [3.8, 4) is 0 Å². The first-order valence-electron chi connectivity index (χ1n) is 9.24. The van der Waals surface area contributed by atoms with Crippen molar-refractivity contribution in [2.75, 3.05) is 18.4 Å². The van der Waals surface area contributed by atoms with E-state index in [-0.39, 0.29) is 23.8 Å². The number of amides is 4. The molecule has 1 aliphatic carbocycles. The van der Waals surface area contributed by atoms with Gasteiger partial charge in [0.25, 0.3) is 0 Å². The van der Waals surface area contributed by atoms with Crippen molar-refractivity contribution in [2.45, 2.75) is 44.7 Å². The van der Waals surface area contributed by atoms with Gasteiger partial charge in [0.1, 0.15) is 0 Å². The maximum absolute atomic E-state index is 12.5. The summed E-state index contributed by atoms with van der Waals surface area (Å²) in [5.74, 6) is -0.522. The Labute approximate surface area is 153 Å². The number of carbonyl (C=O) groups is 3. The third-order valence-corrected chi connectivity index (χ3v) is 4.94. The predicted octanol–water partition coefficient (Wildman–Crippen LogP) is 1.71. The molecule has 4 amide bonds. The summed E-state index contributed by atoms with van der Waals surface area (Å²) in [4.78, 5) is 38.5. The lowest BCUT2D eigenvalue weighted by Crippen LogP contribution is -2.53. The average Bonchev–Trinajstić information content (AvgIpc) is 3.45. The van der Waals surface area contributed by atoms with E-state index in [9.17, 15) is 14.4 Å². The highest BCUT2D eigenvalue weighted by Crippen LogP contribution is 2.21. The van der Waals surface area contributed by atoms with Crippen molar-refractivity contribution in [3.05, 3.63) is 30.3 Å². The standard InChI is InChI=1S/C19H26N4O3/c1-13(17(24)22-19(26)21-16-9-10-16)23-11-5-6-14(12-23)18(25)20-15-7-3-2-4-8-15/h2-4,7-8,13-14,16H,5-6,9-12H2,1H3,(H,20,25)(H2,21,22,24,26). The molecule has 1 saturated carbocycles. The van der Waals surface area contributed by atoms with Crippen LogP contribution in [0.15, 0.2) is 30.3 Å². The second-order valence-electron chi connectivity index (χ2n) is 7.10. The Bertz CT molecular complexity index is 660. The van der Waals surface area contributed by atoms with Crippen LogP contribution in [0.3, 0.4) is 0 Å². The van der Waals surface area contributed by atoms with Crippen LogP contribution in [0.25, 0.3) is 0 Å². The number of hydrogen-bond acceptors (Lipinski definition) is 4. The minimum absolute atomic E-state index is 0.0278. The fourth-order valence-electron chi connectivity index (χ4n) is 3.17. The second kappa shape index (κ2) is 8.31. The fourth-order valence-corrected chi connectivity index (χ4v) is 3.17. The Hall–Kier alpha value is -2.41. The lowest BCUT2D eigenvalue weighted by Gasteiger charge is -2.35. The van der Waals surface area contributed by atoms with Gasteiger partial charge in [0.05, 0.1) is 12.0 Å². The molecular weight excluding hydrogens is 332 g/mol. The van der Waals surface area contributed by atoms with Crippen molar-refractivity contribution in [1.29, 1.82) is 0 Å². The van der Waals surface area contributed by atoms with Gasteiger partial charge in [-0.25, -0.2) is 4.79 Å². The molecule has 26 heavy (non-hydrogen) atoms. The summed E-state index contributed by atoms with van der Waals surface area (Å²) in [6.45, 7) is 3.03. The highest BCUT2D eigenvalue weighted by atomic mass is 16.2. The highest BCUT2D eigenvalue weighted by Gasteiger charge is 2.32. The predicted molar refractivity (Wildman–Crippen MR) is 98.5 cm³/mol. The number of piperidine rings is 1. The van der Waals surface area contributed by atoms with Crippen LogP contribution in [0.4, 0.5) is 10.5 Å². The summed E-state index contributed by atoms with van der Waals surface area (Å²) in [6.07, 6.45) is 3.59. The van der Waals surface area contributed by atoms with E-state index in [1.54, 1.807) is 6.92 Å². The quantitative estimate of drug-likeness (QED) is 0.747. The topological polar surface area (TPSA) is 90.5 Å². The molecular formula is C19H26N4O3. The Morgan fingerprint density at radius 1 is 1.12 bits per heavy atom. The number of nitrogens with one attached hydrogen (secondary N) is 3. The number of hydrogen-bond donors (Lipinski definition) is 3. The summed E-state index contributed by atoms with van der Waals surface area (Å²) >= 11 is 0. The molecule has 2 atom stereocenters. The molecule has 1 aromatic carbocycles. The molecule has 2 unspecified atom stereocenters. The van der Waals surface area contributed by atoms with E-state index < -0.39 is 12.1 Å². The SMILES string of the molecule is CC(C(=O)NC(=O)NC1CC1)N1CCCC(C(=O)Nc2ccccc2)C1. The van der Waals surface area contributed by atoms with Crippen LogP contribution >= 0.6 is 0 Å². The summed E-state index contributed by atoms with van der Waals surface area (Å²) in [5.41, 5.74) is 0.775. The highest BCUT2D eigenvalue weighted by molar-refractivity contribution is 5.97. The van der Waals surface area contributed by atoms with E-state index >= 15 is 0 Å². The smallest absolute Gasteiger partial charge is 0.321 e. The first-order valence-corrected chi connectivity index (χ1v) is 9.24. The third-order valence-electron chi connectivity index (χ3n) is 4.94. The lowest BCUT2D eigenvalue weighted by molar-refractivity contribution is -0.128. The Kier molecular flexibility index (Phi) is 5.88. The van der Waals surface area contributed by atoms with Gasteiger partial charge in [-0.05, 0) is 51.3 Å². The van der Waals surface area contributed by atoms with Gasteiger partial charge in [0.2, 0.25) is 11.8 Å². The molecule has 1 heterocycles. The van der Waals surface area contributed by atoms with E-state index in [1.165, 1.54) is 0 Å². The van der Waals surface area contributed by atoms with Crippen LogP contribution in [0.2, 0.25) is 0 Å². The van der Waals surface area contributed by atoms with Gasteiger partial charge < -0.3 is 10.6 Å². The largest absolute Gasteiger partial charge is 0.335 e. The van der Waals surface area contributed by atoms with Gasteiger partial charge in [-0.2, -0.15) is 0 Å². The summed E-state index contributed by atoms with van der Waals surface area (Å²) in [6, 6.07) is 8.69. The molecule has 0 spiro atoms. The summed E-state index contributed by atoms with van der Waals surface area (Å²) in [5, 5.41) is 8.08. The molecule has 7 nitrogen and oxygen atoms in total. The summed E-state index contributed by atoms with van der Waals surface area (Å²) < 4.78 is 0. The second-order valence-corrected chi connectivity index (χ2v) is 7.10. The van der Waals surface area contributed by atoms with E-state index in [1.807, 2.05) is 35.2 Å². The minimum Gasteiger partial charge on any atom is -0.335 e. The van der Waals surface area contributed by atoms with Gasteiger partial charge in [0, 0.05) is 18.3 Å². The van der Waals surface area contributed by atoms with Gasteiger partial charge in [-0.15, -0.1) is 0 Å². The van der Waals surface area contributed by atoms with E-state index in [0.717, 1.165) is 37.9 Å². The van der Waals surface area contributed by atoms with Crippen LogP contribution in [0, 0.1) is 5.92 Å². The zero-order valence-electron chi connectivity index (χ0n) is 15.0. The Balaban J connectivity index is 1.50. The molecule has 7 heteroatoms. The minimum atomic E-state index is -0.452. The normalized spacial score (nSPS) is 21.5. The maximum atomic E-state index is 12.5. The van der Waals surface area contributed by atoms with Crippen molar-refractivity contribution >= 4 is 23.5 Å². The Morgan fingerprint density at radius 2 is 1.85 bits per heavy atom. The number of urea groups is 1. The van der Waals surface area contributed by atoms with Crippen LogP contribution < -0.4 is 16.0 Å². The number of rotatable bonds is 5. The lowest BCUT2D eigenvalue weighted by atomic mass is 9.95. The number of likely N-dealkylation sites (tertiary alicyclic amines) is 1. The monoisotopic (exact) mass is 358 g/mol. The van der Waals surface area contributed by atoms with Gasteiger partial charge in [-0.1, -0.05) is 18.2 Å². The molecule has 3 rings (SSSR count). The molecule has 140 valence electrons. The summed E-state index contributed by atoms with van der Waals surface area (Å²) in [7, 11) is 0. The van der Waals surface area contributed by atoms with Gasteiger partial charge in [0.15, 0.2) is 0 Å². The molecule has 1 saturated heterocycles. The molecule has 3 N–H and O–H groups in total. The maximum Gasteiger partial charge on any atom is 0.321 e. The number of para-hydroxylation sites is 1. The van der Waals surface area contributed by atoms with Crippen molar-refractivity contribution in [2.24, 2.45) is 5.92 Å². The molecule has 0 radical (unpaired) electrons. The van der Waals surface area contributed by atoms with E-state index in [0.29, 0.717) is 6.54 Å². The molecule has 1 aromatic rings.